The molecule has 0 unspecified atom stereocenters. The summed E-state index contributed by atoms with van der Waals surface area (Å²) in [6.07, 6.45) is 1.000. The number of halogens is 1. The van der Waals surface area contributed by atoms with Gasteiger partial charge in [0.25, 0.3) is 6.48 Å². The van der Waals surface area contributed by atoms with Crippen LogP contribution in [-0.2, 0) is 18.6 Å². The lowest BCUT2D eigenvalue weighted by Gasteiger charge is -2.13. The molecule has 14 heavy (non-hydrogen) atoms. The third-order valence-corrected chi connectivity index (χ3v) is 2.57. The average molecular weight is 241 g/mol. The number of ether oxygens (including phenoxy) is 3. The molecule has 4 nitrogen and oxygen atoms in total. The van der Waals surface area contributed by atoms with Crippen molar-refractivity contribution in [3.8, 4) is 0 Å². The predicted molar refractivity (Wildman–Crippen MR) is 55.6 cm³/mol. The van der Waals surface area contributed by atoms with Crippen LogP contribution in [-0.4, -0.2) is 49.6 Å². The summed E-state index contributed by atoms with van der Waals surface area (Å²) in [5.74, 6) is 0.697. The van der Waals surface area contributed by atoms with Crippen LogP contribution in [0.25, 0.3) is 0 Å². The van der Waals surface area contributed by atoms with Gasteiger partial charge in [-0.3, -0.25) is 0 Å². The Bertz CT molecular complexity index is 114. The Morgan fingerprint density at radius 2 is 1.93 bits per heavy atom. The Hall–Kier alpha value is 0.347. The predicted octanol–water partition coefficient (Wildman–Crippen LogP) is 1.26. The Balaban J connectivity index is 3.04. The third kappa shape index (κ3) is 8.92. The van der Waals surface area contributed by atoms with Crippen molar-refractivity contribution in [3.05, 3.63) is 0 Å². The molecule has 0 N–H and O–H groups in total. The molecule has 0 spiro atoms. The molecule has 0 aromatic rings. The normalized spacial score (nSPS) is 11.1. The molecule has 0 fully saturated rings. The SMILES string of the molecule is COC(OC)OCCO[Si]CCCCl. The summed E-state index contributed by atoms with van der Waals surface area (Å²) >= 11 is 5.51. The molecule has 0 bridgehead atoms. The molecule has 0 atom stereocenters. The maximum atomic E-state index is 5.51. The summed E-state index contributed by atoms with van der Waals surface area (Å²) in [6, 6.07) is 1.02. The van der Waals surface area contributed by atoms with Gasteiger partial charge in [0.15, 0.2) is 0 Å². The highest BCUT2D eigenvalue weighted by Crippen LogP contribution is 1.94. The number of alkyl halides is 1. The maximum Gasteiger partial charge on any atom is 0.271 e. The molecule has 0 saturated heterocycles. The number of rotatable bonds is 10. The molecule has 0 aliphatic carbocycles. The minimum atomic E-state index is -0.593. The van der Waals surface area contributed by atoms with Gasteiger partial charge >= 0.3 is 0 Å². The zero-order valence-electron chi connectivity index (χ0n) is 8.62. The van der Waals surface area contributed by atoms with E-state index in [2.05, 4.69) is 0 Å². The van der Waals surface area contributed by atoms with Crippen LogP contribution in [0.15, 0.2) is 0 Å². The highest BCUT2D eigenvalue weighted by atomic mass is 35.5. The second kappa shape index (κ2) is 11.4. The molecule has 0 saturated carbocycles. The van der Waals surface area contributed by atoms with Crippen molar-refractivity contribution in [2.45, 2.75) is 18.9 Å². The number of hydrogen-bond donors (Lipinski definition) is 0. The van der Waals surface area contributed by atoms with Crippen molar-refractivity contribution in [1.82, 2.24) is 0 Å². The summed E-state index contributed by atoms with van der Waals surface area (Å²) in [5, 5.41) is 0. The van der Waals surface area contributed by atoms with Gasteiger partial charge in [-0.05, 0) is 12.5 Å². The van der Waals surface area contributed by atoms with E-state index in [9.17, 15) is 0 Å². The fraction of sp³-hybridized carbons (Fsp3) is 1.00. The van der Waals surface area contributed by atoms with E-state index in [-0.39, 0.29) is 0 Å². The van der Waals surface area contributed by atoms with Crippen molar-refractivity contribution in [2.24, 2.45) is 0 Å². The topological polar surface area (TPSA) is 36.9 Å². The van der Waals surface area contributed by atoms with E-state index < -0.39 is 6.48 Å². The average Bonchev–Trinajstić information content (AvgIpc) is 2.22. The monoisotopic (exact) mass is 240 g/mol. The summed E-state index contributed by atoms with van der Waals surface area (Å²) < 4.78 is 20.1. The molecule has 0 aromatic carbocycles. The Kier molecular flexibility index (Phi) is 11.7. The van der Waals surface area contributed by atoms with Gasteiger partial charge in [-0.25, -0.2) is 0 Å². The molecule has 0 aliphatic rings. The van der Waals surface area contributed by atoms with Gasteiger partial charge in [-0.15, -0.1) is 11.6 Å². The molecule has 0 amide bonds. The van der Waals surface area contributed by atoms with Crippen molar-refractivity contribution < 1.29 is 18.6 Å². The summed E-state index contributed by atoms with van der Waals surface area (Å²) in [6.45, 7) is 0.439. The zero-order chi connectivity index (χ0) is 10.6. The van der Waals surface area contributed by atoms with E-state index in [1.807, 2.05) is 0 Å². The van der Waals surface area contributed by atoms with Crippen molar-refractivity contribution in [1.29, 1.82) is 0 Å². The minimum absolute atomic E-state index is 0.472. The lowest BCUT2D eigenvalue weighted by atomic mass is 10.6. The van der Waals surface area contributed by atoms with Gasteiger partial charge in [0.2, 0.25) is 9.76 Å². The second-order valence-electron chi connectivity index (χ2n) is 2.42. The first kappa shape index (κ1) is 14.3. The van der Waals surface area contributed by atoms with Gasteiger partial charge in [0, 0.05) is 20.1 Å². The lowest BCUT2D eigenvalue weighted by molar-refractivity contribution is -0.266. The van der Waals surface area contributed by atoms with Crippen LogP contribution in [0.2, 0.25) is 6.04 Å². The third-order valence-electron chi connectivity index (χ3n) is 1.34. The summed E-state index contributed by atoms with van der Waals surface area (Å²) in [4.78, 5) is 0. The fourth-order valence-electron chi connectivity index (χ4n) is 0.702. The van der Waals surface area contributed by atoms with Crippen molar-refractivity contribution >= 4 is 21.4 Å². The number of hydrogen-bond acceptors (Lipinski definition) is 4. The maximum absolute atomic E-state index is 5.51. The molecule has 0 aromatic heterocycles. The molecule has 2 radical (unpaired) electrons. The van der Waals surface area contributed by atoms with E-state index in [1.54, 1.807) is 0 Å². The van der Waals surface area contributed by atoms with Gasteiger partial charge in [-0.1, -0.05) is 0 Å². The largest absolute Gasteiger partial charge is 0.415 e. The van der Waals surface area contributed by atoms with Crippen LogP contribution in [0.4, 0.5) is 0 Å². The first-order chi connectivity index (χ1) is 6.85. The molecular formula is C8H17ClO4Si. The number of methoxy groups -OCH3 is 2. The molecule has 0 aliphatic heterocycles. The van der Waals surface area contributed by atoms with Crippen LogP contribution in [0.1, 0.15) is 6.42 Å². The minimum Gasteiger partial charge on any atom is -0.415 e. The second-order valence-corrected chi connectivity index (χ2v) is 3.87. The van der Waals surface area contributed by atoms with Crippen molar-refractivity contribution in [3.63, 3.8) is 0 Å². The summed E-state index contributed by atoms with van der Waals surface area (Å²) in [7, 11) is 3.55. The van der Waals surface area contributed by atoms with E-state index in [0.717, 1.165) is 12.5 Å². The van der Waals surface area contributed by atoms with Gasteiger partial charge in [0.05, 0.1) is 13.2 Å². The fourth-order valence-corrected chi connectivity index (χ4v) is 1.75. The van der Waals surface area contributed by atoms with Gasteiger partial charge < -0.3 is 18.6 Å². The molecule has 0 rings (SSSR count). The standard InChI is InChI=1S/C8H17ClO4Si/c1-10-8(11-2)12-5-6-13-14-7-3-4-9/h8H,3-7H2,1-2H3. The van der Waals surface area contributed by atoms with Crippen LogP contribution in [0.3, 0.4) is 0 Å². The van der Waals surface area contributed by atoms with Crippen LogP contribution in [0, 0.1) is 0 Å². The van der Waals surface area contributed by atoms with Crippen LogP contribution in [0.5, 0.6) is 0 Å². The molecular weight excluding hydrogens is 224 g/mol. The van der Waals surface area contributed by atoms with Crippen LogP contribution < -0.4 is 0 Å². The van der Waals surface area contributed by atoms with E-state index in [1.165, 1.54) is 14.2 Å². The highest BCUT2D eigenvalue weighted by molar-refractivity contribution is 6.27. The van der Waals surface area contributed by atoms with Gasteiger partial charge in [-0.2, -0.15) is 0 Å². The molecule has 84 valence electrons. The summed E-state index contributed by atoms with van der Waals surface area (Å²) in [5.41, 5.74) is 0. The molecule has 6 heteroatoms. The Morgan fingerprint density at radius 3 is 2.50 bits per heavy atom. The highest BCUT2D eigenvalue weighted by Gasteiger charge is 2.03. The zero-order valence-corrected chi connectivity index (χ0v) is 10.4. The van der Waals surface area contributed by atoms with E-state index in [4.69, 9.17) is 30.2 Å². The van der Waals surface area contributed by atoms with E-state index in [0.29, 0.717) is 28.9 Å². The Morgan fingerprint density at radius 1 is 1.21 bits per heavy atom. The quantitative estimate of drug-likeness (QED) is 0.249. The Labute approximate surface area is 92.7 Å². The van der Waals surface area contributed by atoms with Crippen molar-refractivity contribution in [2.75, 3.05) is 33.3 Å². The molecule has 0 heterocycles. The van der Waals surface area contributed by atoms with E-state index >= 15 is 0 Å². The lowest BCUT2D eigenvalue weighted by Crippen LogP contribution is -2.20. The van der Waals surface area contributed by atoms with Gasteiger partial charge in [0.1, 0.15) is 0 Å². The smallest absolute Gasteiger partial charge is 0.271 e. The van der Waals surface area contributed by atoms with Crippen LogP contribution >= 0.6 is 11.6 Å². The first-order valence-electron chi connectivity index (χ1n) is 4.43. The first-order valence-corrected chi connectivity index (χ1v) is 6.08.